The van der Waals surface area contributed by atoms with Gasteiger partial charge in [-0.05, 0) is 36.0 Å². The molecule has 2 N–H and O–H groups in total. The second-order valence-corrected chi connectivity index (χ2v) is 3.70. The van der Waals surface area contributed by atoms with Gasteiger partial charge in [-0.25, -0.2) is 0 Å². The molecule has 1 rings (SSSR count). The van der Waals surface area contributed by atoms with Crippen LogP contribution in [-0.4, -0.2) is 26.0 Å². The van der Waals surface area contributed by atoms with E-state index in [1.54, 1.807) is 6.07 Å². The highest BCUT2D eigenvalue weighted by Crippen LogP contribution is 2.19. The molecular formula is C9H14BrClN2O2. The van der Waals surface area contributed by atoms with Crippen LogP contribution in [0.5, 0.6) is 0 Å². The molecule has 1 heterocycles. The summed E-state index contributed by atoms with van der Waals surface area (Å²) in [6.45, 7) is 3.17. The molecule has 0 aromatic carbocycles. The van der Waals surface area contributed by atoms with E-state index in [-0.39, 0.29) is 18.3 Å². The third-order valence-electron chi connectivity index (χ3n) is 1.75. The van der Waals surface area contributed by atoms with Crippen LogP contribution in [0.25, 0.3) is 0 Å². The molecule has 0 unspecified atom stereocenters. The standard InChI is InChI=1S/C9H13BrN2O2.ClH/c1-6-5-7(10)14-8(6)9(13)12-4-3-11-2;/h5,11H,3-4H2,1-2H3,(H,12,13);1H. The maximum atomic E-state index is 11.5. The lowest BCUT2D eigenvalue weighted by Gasteiger charge is -2.02. The topological polar surface area (TPSA) is 54.3 Å². The summed E-state index contributed by atoms with van der Waals surface area (Å²) in [5.41, 5.74) is 0.832. The van der Waals surface area contributed by atoms with Crippen molar-refractivity contribution in [3.8, 4) is 0 Å². The monoisotopic (exact) mass is 296 g/mol. The van der Waals surface area contributed by atoms with Crippen LogP contribution < -0.4 is 10.6 Å². The summed E-state index contributed by atoms with van der Waals surface area (Å²) < 4.78 is 5.77. The molecule has 0 aliphatic rings. The molecule has 15 heavy (non-hydrogen) atoms. The van der Waals surface area contributed by atoms with E-state index in [4.69, 9.17) is 4.42 Å². The zero-order valence-electron chi connectivity index (χ0n) is 8.59. The fraction of sp³-hybridized carbons (Fsp3) is 0.444. The van der Waals surface area contributed by atoms with E-state index in [0.717, 1.165) is 12.1 Å². The lowest BCUT2D eigenvalue weighted by Crippen LogP contribution is -2.30. The molecule has 0 spiro atoms. The van der Waals surface area contributed by atoms with E-state index in [1.807, 2.05) is 14.0 Å². The van der Waals surface area contributed by atoms with Crippen molar-refractivity contribution < 1.29 is 9.21 Å². The van der Waals surface area contributed by atoms with E-state index in [2.05, 4.69) is 26.6 Å². The van der Waals surface area contributed by atoms with Crippen LogP contribution >= 0.6 is 28.3 Å². The normalized spacial score (nSPS) is 9.53. The Bertz CT molecular complexity index is 328. The summed E-state index contributed by atoms with van der Waals surface area (Å²) in [6, 6.07) is 1.77. The van der Waals surface area contributed by atoms with Crippen molar-refractivity contribution in [2.45, 2.75) is 6.92 Å². The number of carbonyl (C=O) groups excluding carboxylic acids is 1. The molecule has 0 bridgehead atoms. The van der Waals surface area contributed by atoms with Crippen LogP contribution in [-0.2, 0) is 0 Å². The number of amides is 1. The van der Waals surface area contributed by atoms with Crippen LogP contribution in [0.2, 0.25) is 0 Å². The molecule has 0 saturated heterocycles. The minimum absolute atomic E-state index is 0. The van der Waals surface area contributed by atoms with Crippen molar-refractivity contribution in [3.63, 3.8) is 0 Å². The zero-order valence-corrected chi connectivity index (χ0v) is 11.0. The highest BCUT2D eigenvalue weighted by molar-refractivity contribution is 9.10. The Morgan fingerprint density at radius 1 is 1.53 bits per heavy atom. The van der Waals surface area contributed by atoms with E-state index in [1.165, 1.54) is 0 Å². The number of furan rings is 1. The number of nitrogens with one attached hydrogen (secondary N) is 2. The maximum absolute atomic E-state index is 11.5. The Labute approximate surface area is 103 Å². The number of carbonyl (C=O) groups is 1. The van der Waals surface area contributed by atoms with Gasteiger partial charge in [0.1, 0.15) is 0 Å². The molecule has 0 fully saturated rings. The first-order valence-electron chi connectivity index (χ1n) is 4.34. The average molecular weight is 298 g/mol. The maximum Gasteiger partial charge on any atom is 0.287 e. The number of rotatable bonds is 4. The molecule has 1 aromatic heterocycles. The molecule has 1 amide bonds. The summed E-state index contributed by atoms with van der Waals surface area (Å²) >= 11 is 3.17. The van der Waals surface area contributed by atoms with Gasteiger partial charge >= 0.3 is 0 Å². The van der Waals surface area contributed by atoms with Gasteiger partial charge in [-0.1, -0.05) is 0 Å². The minimum Gasteiger partial charge on any atom is -0.444 e. The summed E-state index contributed by atoms with van der Waals surface area (Å²) in [7, 11) is 1.83. The third kappa shape index (κ3) is 4.24. The molecule has 1 aromatic rings. The van der Waals surface area contributed by atoms with Crippen LogP contribution in [0.1, 0.15) is 16.1 Å². The Balaban J connectivity index is 0.00000196. The molecule has 0 radical (unpaired) electrons. The Morgan fingerprint density at radius 3 is 2.67 bits per heavy atom. The van der Waals surface area contributed by atoms with E-state index in [0.29, 0.717) is 17.0 Å². The van der Waals surface area contributed by atoms with Gasteiger partial charge in [-0.15, -0.1) is 12.4 Å². The summed E-state index contributed by atoms with van der Waals surface area (Å²) in [5, 5.41) is 5.68. The summed E-state index contributed by atoms with van der Waals surface area (Å²) in [4.78, 5) is 11.5. The number of halogens is 2. The zero-order chi connectivity index (χ0) is 10.6. The predicted octanol–water partition coefficient (Wildman–Crippen LogP) is 1.72. The fourth-order valence-electron chi connectivity index (χ4n) is 1.05. The van der Waals surface area contributed by atoms with E-state index < -0.39 is 0 Å². The van der Waals surface area contributed by atoms with Gasteiger partial charge in [0.05, 0.1) is 0 Å². The molecule has 4 nitrogen and oxygen atoms in total. The Hall–Kier alpha value is -0.520. The first-order chi connectivity index (χ1) is 6.65. The van der Waals surface area contributed by atoms with Crippen molar-refractivity contribution in [1.29, 1.82) is 0 Å². The second-order valence-electron chi connectivity index (χ2n) is 2.92. The van der Waals surface area contributed by atoms with Gasteiger partial charge in [0.25, 0.3) is 5.91 Å². The van der Waals surface area contributed by atoms with Gasteiger partial charge in [-0.3, -0.25) is 4.79 Å². The highest BCUT2D eigenvalue weighted by atomic mass is 79.9. The summed E-state index contributed by atoms with van der Waals surface area (Å²) in [6.07, 6.45) is 0. The molecule has 86 valence electrons. The van der Waals surface area contributed by atoms with Gasteiger partial charge < -0.3 is 15.1 Å². The molecule has 0 atom stereocenters. The second kappa shape index (κ2) is 6.87. The Kier molecular flexibility index (Phi) is 6.63. The minimum atomic E-state index is -0.177. The summed E-state index contributed by atoms with van der Waals surface area (Å²) in [5.74, 6) is 0.191. The van der Waals surface area contributed by atoms with Crippen molar-refractivity contribution in [2.75, 3.05) is 20.1 Å². The van der Waals surface area contributed by atoms with Crippen molar-refractivity contribution in [3.05, 3.63) is 22.1 Å². The Morgan fingerprint density at radius 2 is 2.20 bits per heavy atom. The van der Waals surface area contributed by atoms with Crippen molar-refractivity contribution in [1.82, 2.24) is 10.6 Å². The molecule has 0 saturated carbocycles. The molecule has 0 aliphatic heterocycles. The lowest BCUT2D eigenvalue weighted by atomic mass is 10.3. The fourth-order valence-corrected chi connectivity index (χ4v) is 1.56. The van der Waals surface area contributed by atoms with Crippen LogP contribution in [0.3, 0.4) is 0 Å². The average Bonchev–Trinajstić information content (AvgIpc) is 2.45. The molecule has 0 aliphatic carbocycles. The first kappa shape index (κ1) is 14.5. The van der Waals surface area contributed by atoms with Gasteiger partial charge in [-0.2, -0.15) is 0 Å². The number of hydrogen-bond donors (Lipinski definition) is 2. The van der Waals surface area contributed by atoms with Gasteiger partial charge in [0, 0.05) is 18.7 Å². The number of hydrogen-bond acceptors (Lipinski definition) is 3. The van der Waals surface area contributed by atoms with Gasteiger partial charge in [0.15, 0.2) is 10.4 Å². The van der Waals surface area contributed by atoms with Gasteiger partial charge in [0.2, 0.25) is 0 Å². The highest BCUT2D eigenvalue weighted by Gasteiger charge is 2.13. The third-order valence-corrected chi connectivity index (χ3v) is 2.15. The molecular weight excluding hydrogens is 283 g/mol. The van der Waals surface area contributed by atoms with Crippen molar-refractivity contribution >= 4 is 34.2 Å². The SMILES string of the molecule is CNCCNC(=O)c1oc(Br)cc1C.Cl. The van der Waals surface area contributed by atoms with E-state index in [9.17, 15) is 4.79 Å². The van der Waals surface area contributed by atoms with Crippen LogP contribution in [0.4, 0.5) is 0 Å². The number of aryl methyl sites for hydroxylation is 1. The van der Waals surface area contributed by atoms with E-state index >= 15 is 0 Å². The molecule has 6 heteroatoms. The predicted molar refractivity (Wildman–Crippen MR) is 64.7 cm³/mol. The first-order valence-corrected chi connectivity index (χ1v) is 5.13. The quantitative estimate of drug-likeness (QED) is 0.832. The largest absolute Gasteiger partial charge is 0.444 e. The smallest absolute Gasteiger partial charge is 0.287 e. The van der Waals surface area contributed by atoms with Crippen LogP contribution in [0.15, 0.2) is 15.2 Å². The number of likely N-dealkylation sites (N-methyl/N-ethyl adjacent to an activating group) is 1. The lowest BCUT2D eigenvalue weighted by molar-refractivity contribution is 0.0924. The van der Waals surface area contributed by atoms with Crippen LogP contribution in [0, 0.1) is 6.92 Å². The van der Waals surface area contributed by atoms with Crippen molar-refractivity contribution in [2.24, 2.45) is 0 Å².